The minimum atomic E-state index is -0.907. The van der Waals surface area contributed by atoms with Gasteiger partial charge in [0, 0.05) is 12.6 Å². The first kappa shape index (κ1) is 10.2. The number of carbonyl (C=O) groups is 1. The molecular formula is C9H16N2O2. The average molecular weight is 184 g/mol. The van der Waals surface area contributed by atoms with Gasteiger partial charge in [0.05, 0.1) is 7.11 Å². The fraction of sp³-hybridized carbons (Fsp3) is 0.667. The van der Waals surface area contributed by atoms with Gasteiger partial charge in [0.2, 0.25) is 0 Å². The lowest BCUT2D eigenvalue weighted by atomic mass is 9.97. The van der Waals surface area contributed by atoms with E-state index in [0.29, 0.717) is 13.0 Å². The van der Waals surface area contributed by atoms with E-state index in [4.69, 9.17) is 5.73 Å². The van der Waals surface area contributed by atoms with Crippen LogP contribution in [0.4, 0.5) is 0 Å². The van der Waals surface area contributed by atoms with Crippen molar-refractivity contribution in [2.24, 2.45) is 5.73 Å². The Morgan fingerprint density at radius 3 is 3.08 bits per heavy atom. The molecule has 0 radical (unpaired) electrons. The highest BCUT2D eigenvalue weighted by Gasteiger charge is 2.35. The molecule has 13 heavy (non-hydrogen) atoms. The zero-order chi connectivity index (χ0) is 9.90. The Hall–Kier alpha value is -0.870. The second kappa shape index (κ2) is 3.89. The fourth-order valence-electron chi connectivity index (χ4n) is 1.32. The molecule has 1 rings (SSSR count). The van der Waals surface area contributed by atoms with Gasteiger partial charge in [-0.3, -0.25) is 4.79 Å². The molecular weight excluding hydrogens is 168 g/mol. The third-order valence-electron chi connectivity index (χ3n) is 2.24. The molecule has 0 bridgehead atoms. The Morgan fingerprint density at radius 1 is 1.77 bits per heavy atom. The molecule has 74 valence electrons. The summed E-state index contributed by atoms with van der Waals surface area (Å²) in [5, 5.41) is 3.14. The third kappa shape index (κ3) is 2.29. The van der Waals surface area contributed by atoms with Crippen LogP contribution in [0.5, 0.6) is 0 Å². The van der Waals surface area contributed by atoms with Crippen LogP contribution >= 0.6 is 0 Å². The van der Waals surface area contributed by atoms with E-state index in [-0.39, 0.29) is 12.0 Å². The van der Waals surface area contributed by atoms with Crippen molar-refractivity contribution in [3.8, 4) is 0 Å². The maximum absolute atomic E-state index is 11.3. The zero-order valence-electron chi connectivity index (χ0n) is 8.04. The molecule has 0 amide bonds. The van der Waals surface area contributed by atoms with E-state index in [0.717, 1.165) is 0 Å². The van der Waals surface area contributed by atoms with Crippen molar-refractivity contribution in [2.75, 3.05) is 13.7 Å². The Bertz CT molecular complexity index is 228. The van der Waals surface area contributed by atoms with Crippen LogP contribution in [-0.2, 0) is 9.53 Å². The topological polar surface area (TPSA) is 64.3 Å². The van der Waals surface area contributed by atoms with E-state index in [1.165, 1.54) is 7.11 Å². The molecule has 0 aromatic rings. The van der Waals surface area contributed by atoms with E-state index in [1.807, 2.05) is 19.1 Å². The largest absolute Gasteiger partial charge is 0.468 e. The summed E-state index contributed by atoms with van der Waals surface area (Å²) in [6.45, 7) is 2.47. The first-order chi connectivity index (χ1) is 6.08. The average Bonchev–Trinajstić information content (AvgIpc) is 2.28. The van der Waals surface area contributed by atoms with Crippen LogP contribution in [0.3, 0.4) is 0 Å². The van der Waals surface area contributed by atoms with Gasteiger partial charge >= 0.3 is 5.97 Å². The molecule has 0 fully saturated rings. The molecule has 4 heteroatoms. The summed E-state index contributed by atoms with van der Waals surface area (Å²) < 4.78 is 4.65. The van der Waals surface area contributed by atoms with Gasteiger partial charge in [-0.1, -0.05) is 12.2 Å². The molecule has 0 aromatic carbocycles. The van der Waals surface area contributed by atoms with Crippen LogP contribution in [0.1, 0.15) is 13.3 Å². The molecule has 1 heterocycles. The summed E-state index contributed by atoms with van der Waals surface area (Å²) in [5.41, 5.74) is 4.98. The fourth-order valence-corrected chi connectivity index (χ4v) is 1.32. The van der Waals surface area contributed by atoms with Crippen LogP contribution in [0.15, 0.2) is 12.2 Å². The second-order valence-electron chi connectivity index (χ2n) is 3.45. The molecule has 1 aliphatic heterocycles. The Labute approximate surface area is 78.1 Å². The highest BCUT2D eigenvalue weighted by molar-refractivity contribution is 5.81. The predicted octanol–water partition coefficient (Wildman–Crippen LogP) is -0.205. The first-order valence-corrected chi connectivity index (χ1v) is 4.36. The van der Waals surface area contributed by atoms with Gasteiger partial charge in [-0.2, -0.15) is 0 Å². The molecule has 2 atom stereocenters. The minimum Gasteiger partial charge on any atom is -0.468 e. The van der Waals surface area contributed by atoms with Crippen LogP contribution in [0.2, 0.25) is 0 Å². The number of hydrogen-bond acceptors (Lipinski definition) is 4. The van der Waals surface area contributed by atoms with Crippen molar-refractivity contribution in [3.05, 3.63) is 12.2 Å². The van der Waals surface area contributed by atoms with Crippen molar-refractivity contribution in [2.45, 2.75) is 24.9 Å². The van der Waals surface area contributed by atoms with Crippen molar-refractivity contribution < 1.29 is 9.53 Å². The van der Waals surface area contributed by atoms with E-state index in [2.05, 4.69) is 10.1 Å². The lowest BCUT2D eigenvalue weighted by Gasteiger charge is -2.24. The summed E-state index contributed by atoms with van der Waals surface area (Å²) >= 11 is 0. The number of ether oxygens (including phenoxy) is 1. The predicted molar refractivity (Wildman–Crippen MR) is 50.2 cm³/mol. The maximum Gasteiger partial charge on any atom is 0.327 e. The van der Waals surface area contributed by atoms with Gasteiger partial charge in [-0.15, -0.1) is 0 Å². The molecule has 0 saturated heterocycles. The smallest absolute Gasteiger partial charge is 0.327 e. The number of nitrogens with two attached hydrogens (primary N) is 1. The van der Waals surface area contributed by atoms with Crippen molar-refractivity contribution in [1.82, 2.24) is 5.32 Å². The molecule has 0 aromatic heterocycles. The third-order valence-corrected chi connectivity index (χ3v) is 2.24. The normalized spacial score (nSPS) is 33.9. The molecule has 1 aliphatic rings. The van der Waals surface area contributed by atoms with Crippen LogP contribution < -0.4 is 11.1 Å². The highest BCUT2D eigenvalue weighted by atomic mass is 16.5. The number of esters is 1. The van der Waals surface area contributed by atoms with Crippen LogP contribution in [0.25, 0.3) is 0 Å². The van der Waals surface area contributed by atoms with Crippen LogP contribution in [-0.4, -0.2) is 31.2 Å². The monoisotopic (exact) mass is 184 g/mol. The van der Waals surface area contributed by atoms with Gasteiger partial charge < -0.3 is 15.8 Å². The Kier molecular flexibility index (Phi) is 3.06. The molecule has 0 aliphatic carbocycles. The number of carbonyl (C=O) groups excluding carboxylic acids is 1. The van der Waals surface area contributed by atoms with E-state index >= 15 is 0 Å². The standard InChI is InChI=1S/C9H16N2O2/c1-7-4-3-5-9(10,6-11-7)8(12)13-2/h3-4,7,11H,5-6,10H2,1-2H3/t7-,9+/m1/s1. The molecule has 0 spiro atoms. The highest BCUT2D eigenvalue weighted by Crippen LogP contribution is 2.12. The number of rotatable bonds is 1. The lowest BCUT2D eigenvalue weighted by Crippen LogP contribution is -2.55. The molecule has 0 unspecified atom stereocenters. The van der Waals surface area contributed by atoms with Crippen molar-refractivity contribution in [1.29, 1.82) is 0 Å². The number of methoxy groups -OCH3 is 1. The van der Waals surface area contributed by atoms with Gasteiger partial charge in [0.25, 0.3) is 0 Å². The SMILES string of the molecule is COC(=O)[C@]1(N)CC=C[C@@H](C)NC1. The van der Waals surface area contributed by atoms with E-state index in [9.17, 15) is 4.79 Å². The Morgan fingerprint density at radius 2 is 2.46 bits per heavy atom. The van der Waals surface area contributed by atoms with Crippen molar-refractivity contribution in [3.63, 3.8) is 0 Å². The molecule has 4 nitrogen and oxygen atoms in total. The first-order valence-electron chi connectivity index (χ1n) is 4.36. The van der Waals surface area contributed by atoms with Crippen LogP contribution in [0, 0.1) is 0 Å². The summed E-state index contributed by atoms with van der Waals surface area (Å²) in [5.74, 6) is -0.362. The number of hydrogen-bond donors (Lipinski definition) is 2. The summed E-state index contributed by atoms with van der Waals surface area (Å²) in [6.07, 6.45) is 4.44. The summed E-state index contributed by atoms with van der Waals surface area (Å²) in [6, 6.07) is 0.259. The van der Waals surface area contributed by atoms with Gasteiger partial charge in [-0.25, -0.2) is 0 Å². The minimum absolute atomic E-state index is 0.259. The number of nitrogens with one attached hydrogen (secondary N) is 1. The quantitative estimate of drug-likeness (QED) is 0.437. The van der Waals surface area contributed by atoms with E-state index < -0.39 is 5.54 Å². The second-order valence-corrected chi connectivity index (χ2v) is 3.45. The Balaban J connectivity index is 2.70. The van der Waals surface area contributed by atoms with Crippen molar-refractivity contribution >= 4 is 5.97 Å². The van der Waals surface area contributed by atoms with E-state index in [1.54, 1.807) is 0 Å². The zero-order valence-corrected chi connectivity index (χ0v) is 8.04. The van der Waals surface area contributed by atoms with Gasteiger partial charge in [-0.05, 0) is 13.3 Å². The van der Waals surface area contributed by atoms with Gasteiger partial charge in [0.15, 0.2) is 0 Å². The summed E-state index contributed by atoms with van der Waals surface area (Å²) in [4.78, 5) is 11.3. The lowest BCUT2D eigenvalue weighted by molar-refractivity contribution is -0.146. The molecule has 3 N–H and O–H groups in total. The molecule has 0 saturated carbocycles. The maximum atomic E-state index is 11.3. The van der Waals surface area contributed by atoms with Gasteiger partial charge in [0.1, 0.15) is 5.54 Å². The summed E-state index contributed by atoms with van der Waals surface area (Å²) in [7, 11) is 1.36.